The van der Waals surface area contributed by atoms with Crippen molar-refractivity contribution in [3.05, 3.63) is 71.8 Å². The van der Waals surface area contributed by atoms with Crippen molar-refractivity contribution < 1.29 is 19.2 Å². The van der Waals surface area contributed by atoms with Gasteiger partial charge in [0.05, 0.1) is 33.3 Å². The van der Waals surface area contributed by atoms with E-state index in [4.69, 9.17) is 15.0 Å². The average molecular weight is 760 g/mol. The minimum Gasteiger partial charge on any atom is -0.345 e. The fourth-order valence-corrected chi connectivity index (χ4v) is 10.9. The number of amides is 4. The fraction of sp³-hybridized carbons (Fsp3) is 0.500. The van der Waals surface area contributed by atoms with Crippen molar-refractivity contribution >= 4 is 74.0 Å². The molecule has 5 aliphatic rings. The Kier molecular flexibility index (Phi) is 11.4. The molecule has 1 fully saturated rings. The lowest BCUT2D eigenvalue weighted by atomic mass is 10.0. The molecule has 8 unspecified atom stereocenters. The number of nitrogens with zero attached hydrogens (tertiary/aromatic N) is 4. The number of carbonyl (C=O) groups excluding carboxylic acids is 4. The van der Waals surface area contributed by atoms with Gasteiger partial charge in [0.1, 0.15) is 24.2 Å². The van der Waals surface area contributed by atoms with Crippen LogP contribution in [0.3, 0.4) is 0 Å². The average Bonchev–Trinajstić information content (AvgIpc) is 3.97. The minimum atomic E-state index is -0.810. The molecule has 7 rings (SSSR count). The lowest BCUT2D eigenvalue weighted by molar-refractivity contribution is -0.136. The van der Waals surface area contributed by atoms with Crippen LogP contribution in [0.4, 0.5) is 0 Å². The largest absolute Gasteiger partial charge is 0.345 e. The zero-order chi connectivity index (χ0) is 36.4. The third kappa shape index (κ3) is 8.13. The fourth-order valence-electron chi connectivity index (χ4n) is 7.25. The normalized spacial score (nSPS) is 31.2. The minimum absolute atomic E-state index is 0.0352. The summed E-state index contributed by atoms with van der Waals surface area (Å²) < 4.78 is 0. The van der Waals surface area contributed by atoms with E-state index in [1.807, 2.05) is 86.3 Å². The van der Waals surface area contributed by atoms with Crippen LogP contribution in [0, 0.1) is 5.92 Å². The molecule has 1 saturated heterocycles. The summed E-state index contributed by atoms with van der Waals surface area (Å²) in [7, 11) is 0. The topological polar surface area (TPSA) is 145 Å². The van der Waals surface area contributed by atoms with Crippen LogP contribution in [0.15, 0.2) is 75.6 Å². The standard InChI is InChI=1S/C38H45N7O4S3/c1-21(2)30-37-42-28(20-51-37)32(46)39-25(17-23-11-6-4-7-12-23)35-41-27(19-50-35)33(47)40-26(18-24-13-8-5-9-14-24)38(49)45-16-10-15-29(45)36-44-31(22(3)52-36)34(48)43-30/h4-9,11-14,21-22,25-31H,10,15-20H2,1-3H3,(H,39,46)(H,40,47)(H,43,48). The number of hydrogen-bond donors (Lipinski definition) is 3. The Labute approximate surface area is 317 Å². The van der Waals surface area contributed by atoms with Gasteiger partial charge in [-0.1, -0.05) is 81.4 Å². The molecule has 3 N–H and O–H groups in total. The first-order valence-corrected chi connectivity index (χ1v) is 20.9. The first-order valence-electron chi connectivity index (χ1n) is 18.1. The van der Waals surface area contributed by atoms with Crippen LogP contribution in [0.1, 0.15) is 44.7 Å². The van der Waals surface area contributed by atoms with Gasteiger partial charge in [-0.2, -0.15) is 0 Å². The number of rotatable bonds is 5. The number of benzene rings is 2. The van der Waals surface area contributed by atoms with Gasteiger partial charge >= 0.3 is 0 Å². The predicted molar refractivity (Wildman–Crippen MR) is 211 cm³/mol. The number of fused-ring (bicyclic) bond motifs is 5. The number of carbonyl (C=O) groups is 4. The molecule has 0 saturated carbocycles. The maximum absolute atomic E-state index is 14.5. The van der Waals surface area contributed by atoms with Crippen LogP contribution in [-0.4, -0.2) is 109 Å². The summed E-state index contributed by atoms with van der Waals surface area (Å²) in [5.74, 6) is 0.0263. The highest BCUT2D eigenvalue weighted by Crippen LogP contribution is 2.35. The second kappa shape index (κ2) is 16.2. The van der Waals surface area contributed by atoms with Crippen LogP contribution in [0.5, 0.6) is 0 Å². The van der Waals surface area contributed by atoms with Crippen molar-refractivity contribution in [3.8, 4) is 0 Å². The number of thioether (sulfide) groups is 3. The number of nitrogens with one attached hydrogen (secondary N) is 3. The van der Waals surface area contributed by atoms with E-state index in [1.165, 1.54) is 23.5 Å². The second-order valence-corrected chi connectivity index (χ2v) is 17.7. The highest BCUT2D eigenvalue weighted by molar-refractivity contribution is 8.15. The smallest absolute Gasteiger partial charge is 0.246 e. The van der Waals surface area contributed by atoms with Crippen LogP contribution in [0.25, 0.3) is 0 Å². The van der Waals surface area contributed by atoms with Gasteiger partial charge < -0.3 is 20.9 Å². The van der Waals surface area contributed by atoms with Gasteiger partial charge in [0.25, 0.3) is 0 Å². The molecule has 0 aromatic heterocycles. The summed E-state index contributed by atoms with van der Waals surface area (Å²) in [6, 6.07) is 15.7. The molecule has 2 aromatic rings. The first-order chi connectivity index (χ1) is 25.1. The Bertz CT molecular complexity index is 1770. The first kappa shape index (κ1) is 36.7. The predicted octanol–water partition coefficient (Wildman–Crippen LogP) is 3.52. The van der Waals surface area contributed by atoms with Gasteiger partial charge in [-0.15, -0.1) is 35.3 Å². The summed E-state index contributed by atoms with van der Waals surface area (Å²) in [6.07, 6.45) is 2.38. The molecule has 52 heavy (non-hydrogen) atoms. The number of hydrogen-bond acceptors (Lipinski definition) is 10. The molecule has 5 aliphatic heterocycles. The second-order valence-electron chi connectivity index (χ2n) is 14.2. The maximum Gasteiger partial charge on any atom is 0.246 e. The molecule has 0 spiro atoms. The van der Waals surface area contributed by atoms with E-state index in [2.05, 4.69) is 16.0 Å². The van der Waals surface area contributed by atoms with Crippen molar-refractivity contribution in [2.75, 3.05) is 18.1 Å². The summed E-state index contributed by atoms with van der Waals surface area (Å²) in [5, 5.41) is 11.6. The van der Waals surface area contributed by atoms with Gasteiger partial charge in [-0.3, -0.25) is 34.2 Å². The van der Waals surface area contributed by atoms with Crippen LogP contribution in [0.2, 0.25) is 0 Å². The quantitative estimate of drug-likeness (QED) is 0.424. The van der Waals surface area contributed by atoms with E-state index in [9.17, 15) is 19.2 Å². The summed E-state index contributed by atoms with van der Waals surface area (Å²) in [5.41, 5.74) is 1.96. The molecule has 14 heteroatoms. The lowest BCUT2D eigenvalue weighted by Crippen LogP contribution is -2.54. The summed E-state index contributed by atoms with van der Waals surface area (Å²) in [6.45, 7) is 6.62. The zero-order valence-electron chi connectivity index (χ0n) is 29.6. The number of aliphatic imine (C=N–C) groups is 3. The molecule has 274 valence electrons. The van der Waals surface area contributed by atoms with E-state index < -0.39 is 30.2 Å². The molecule has 11 nitrogen and oxygen atoms in total. The Morgan fingerprint density at radius 3 is 1.94 bits per heavy atom. The van der Waals surface area contributed by atoms with Crippen molar-refractivity contribution in [3.63, 3.8) is 0 Å². The van der Waals surface area contributed by atoms with E-state index >= 15 is 0 Å². The highest BCUT2D eigenvalue weighted by atomic mass is 32.2. The molecule has 6 bridgehead atoms. The Morgan fingerprint density at radius 1 is 0.731 bits per heavy atom. The van der Waals surface area contributed by atoms with Crippen LogP contribution >= 0.6 is 35.3 Å². The molecule has 5 heterocycles. The SMILES string of the molecule is CC(C)C1NC(=O)C2N=C(SC2C)C2CCCN2C(=O)C(Cc2ccccc2)NC(=O)C2CSC(=N2)C(Cc2ccccc2)NC(=O)C2CSC1=N2. The molecule has 2 aromatic carbocycles. The summed E-state index contributed by atoms with van der Waals surface area (Å²) >= 11 is 4.52. The molecule has 0 aliphatic carbocycles. The van der Waals surface area contributed by atoms with Crippen molar-refractivity contribution in [2.24, 2.45) is 20.9 Å². The third-order valence-electron chi connectivity index (χ3n) is 10.1. The Morgan fingerprint density at radius 2 is 1.31 bits per heavy atom. The molecule has 8 atom stereocenters. The Hall–Kier alpha value is -3.62. The van der Waals surface area contributed by atoms with E-state index in [0.717, 1.165) is 34.1 Å². The Balaban J connectivity index is 1.24. The lowest BCUT2D eigenvalue weighted by Gasteiger charge is -2.30. The maximum atomic E-state index is 14.5. The van der Waals surface area contributed by atoms with Gasteiger partial charge in [0.2, 0.25) is 23.6 Å². The summed E-state index contributed by atoms with van der Waals surface area (Å²) in [4.78, 5) is 72.7. The van der Waals surface area contributed by atoms with Crippen molar-refractivity contribution in [2.45, 2.75) is 94.0 Å². The molecular formula is C38H45N7O4S3. The van der Waals surface area contributed by atoms with E-state index in [1.54, 1.807) is 11.8 Å². The van der Waals surface area contributed by atoms with E-state index in [0.29, 0.717) is 35.9 Å². The molecule has 4 amide bonds. The van der Waals surface area contributed by atoms with E-state index in [-0.39, 0.29) is 46.9 Å². The zero-order valence-corrected chi connectivity index (χ0v) is 32.0. The molecular weight excluding hydrogens is 715 g/mol. The van der Waals surface area contributed by atoms with Gasteiger partial charge in [0, 0.05) is 29.7 Å². The van der Waals surface area contributed by atoms with Crippen molar-refractivity contribution in [1.29, 1.82) is 0 Å². The highest BCUT2D eigenvalue weighted by Gasteiger charge is 2.44. The van der Waals surface area contributed by atoms with Gasteiger partial charge in [0.15, 0.2) is 0 Å². The van der Waals surface area contributed by atoms with Crippen molar-refractivity contribution in [1.82, 2.24) is 20.9 Å². The third-order valence-corrected chi connectivity index (χ3v) is 13.6. The monoisotopic (exact) mass is 759 g/mol. The molecule has 0 radical (unpaired) electrons. The van der Waals surface area contributed by atoms with Gasteiger partial charge in [-0.25, -0.2) is 0 Å². The van der Waals surface area contributed by atoms with Crippen LogP contribution < -0.4 is 16.0 Å². The van der Waals surface area contributed by atoms with Gasteiger partial charge in [-0.05, 0) is 36.3 Å². The van der Waals surface area contributed by atoms with Crippen LogP contribution in [-0.2, 0) is 32.0 Å².